The number of aromatic nitrogens is 2. The van der Waals surface area contributed by atoms with Crippen LogP contribution in [0.2, 0.25) is 0 Å². The Morgan fingerprint density at radius 2 is 1.85 bits per heavy atom. The van der Waals surface area contributed by atoms with E-state index in [-0.39, 0.29) is 5.91 Å². The van der Waals surface area contributed by atoms with Crippen LogP contribution in [0.3, 0.4) is 0 Å². The fourth-order valence-corrected chi connectivity index (χ4v) is 3.34. The average molecular weight is 352 g/mol. The Morgan fingerprint density at radius 1 is 1.12 bits per heavy atom. The van der Waals surface area contributed by atoms with E-state index in [1.54, 1.807) is 0 Å². The summed E-state index contributed by atoms with van der Waals surface area (Å²) in [4.78, 5) is 16.8. The molecule has 1 amide bonds. The van der Waals surface area contributed by atoms with Crippen LogP contribution in [0.1, 0.15) is 23.4 Å². The van der Waals surface area contributed by atoms with Crippen LogP contribution in [0.5, 0.6) is 0 Å². The number of hydrogen-bond acceptors (Lipinski definition) is 3. The zero-order valence-corrected chi connectivity index (χ0v) is 15.8. The first-order valence-electron chi connectivity index (χ1n) is 9.34. The molecule has 138 valence electrons. The van der Waals surface area contributed by atoms with E-state index in [0.717, 1.165) is 44.1 Å². The maximum absolute atomic E-state index is 12.4. The summed E-state index contributed by atoms with van der Waals surface area (Å²) in [6, 6.07) is 12.4. The van der Waals surface area contributed by atoms with Gasteiger partial charge >= 0.3 is 0 Å². The van der Waals surface area contributed by atoms with Crippen LogP contribution in [0.15, 0.2) is 42.5 Å². The van der Waals surface area contributed by atoms with Crippen molar-refractivity contribution < 1.29 is 4.79 Å². The summed E-state index contributed by atoms with van der Waals surface area (Å²) in [5, 5.41) is 4.43. The number of amides is 1. The van der Waals surface area contributed by atoms with Gasteiger partial charge in [-0.25, -0.2) is 0 Å². The number of aryl methyl sites for hydroxylation is 3. The smallest absolute Gasteiger partial charge is 0.224 e. The van der Waals surface area contributed by atoms with Gasteiger partial charge in [0, 0.05) is 51.4 Å². The lowest BCUT2D eigenvalue weighted by Gasteiger charge is -2.34. The summed E-state index contributed by atoms with van der Waals surface area (Å²) in [6.45, 7) is 9.12. The first kappa shape index (κ1) is 18.4. The van der Waals surface area contributed by atoms with Gasteiger partial charge in [-0.1, -0.05) is 42.5 Å². The molecular weight excluding hydrogens is 324 g/mol. The first-order chi connectivity index (χ1) is 12.6. The summed E-state index contributed by atoms with van der Waals surface area (Å²) in [6.07, 6.45) is 4.89. The van der Waals surface area contributed by atoms with Crippen molar-refractivity contribution in [3.05, 3.63) is 59.4 Å². The molecule has 0 radical (unpaired) electrons. The Balaban J connectivity index is 1.39. The van der Waals surface area contributed by atoms with Crippen molar-refractivity contribution in [1.29, 1.82) is 0 Å². The van der Waals surface area contributed by atoms with Crippen LogP contribution in [0.4, 0.5) is 0 Å². The summed E-state index contributed by atoms with van der Waals surface area (Å²) in [5.41, 5.74) is 3.35. The third-order valence-electron chi connectivity index (χ3n) is 4.84. The van der Waals surface area contributed by atoms with E-state index in [2.05, 4.69) is 46.4 Å². The number of hydrogen-bond donors (Lipinski definition) is 0. The molecule has 5 nitrogen and oxygen atoms in total. The van der Waals surface area contributed by atoms with E-state index >= 15 is 0 Å². The summed E-state index contributed by atoms with van der Waals surface area (Å²) in [5.74, 6) is 0.233. The average Bonchev–Trinajstić information content (AvgIpc) is 2.98. The molecule has 0 aliphatic carbocycles. The molecule has 1 fully saturated rings. The van der Waals surface area contributed by atoms with E-state index in [9.17, 15) is 4.79 Å². The number of carbonyl (C=O) groups is 1. The van der Waals surface area contributed by atoms with Crippen molar-refractivity contribution in [2.45, 2.75) is 26.8 Å². The van der Waals surface area contributed by atoms with Crippen LogP contribution in [-0.4, -0.2) is 58.2 Å². The molecule has 0 bridgehead atoms. The predicted molar refractivity (Wildman–Crippen MR) is 105 cm³/mol. The first-order valence-corrected chi connectivity index (χ1v) is 9.34. The van der Waals surface area contributed by atoms with Gasteiger partial charge in [0.05, 0.1) is 5.69 Å². The fraction of sp³-hybridized carbons (Fsp3) is 0.429. The lowest BCUT2D eigenvalue weighted by atomic mass is 10.2. The number of piperazine rings is 1. The van der Waals surface area contributed by atoms with Gasteiger partial charge in [-0.15, -0.1) is 0 Å². The lowest BCUT2D eigenvalue weighted by molar-refractivity contribution is -0.133. The molecule has 1 aromatic heterocycles. The zero-order valence-electron chi connectivity index (χ0n) is 15.8. The Morgan fingerprint density at radius 3 is 2.50 bits per heavy atom. The van der Waals surface area contributed by atoms with Crippen LogP contribution < -0.4 is 0 Å². The van der Waals surface area contributed by atoms with Gasteiger partial charge in [-0.05, 0) is 25.5 Å². The van der Waals surface area contributed by atoms with Crippen LogP contribution in [0.25, 0.3) is 6.08 Å². The molecule has 0 unspecified atom stereocenters. The minimum absolute atomic E-state index is 0.233. The predicted octanol–water partition coefficient (Wildman–Crippen LogP) is 2.75. The number of nitrogens with zero attached hydrogens (tertiary/aromatic N) is 4. The minimum atomic E-state index is 0.233. The van der Waals surface area contributed by atoms with Crippen LogP contribution in [-0.2, 0) is 11.3 Å². The highest BCUT2D eigenvalue weighted by atomic mass is 16.2. The minimum Gasteiger partial charge on any atom is -0.340 e. The molecule has 2 heterocycles. The quantitative estimate of drug-likeness (QED) is 0.803. The Bertz CT molecular complexity index is 743. The van der Waals surface area contributed by atoms with Crippen molar-refractivity contribution in [2.75, 3.05) is 32.7 Å². The highest BCUT2D eigenvalue weighted by Crippen LogP contribution is 2.08. The largest absolute Gasteiger partial charge is 0.340 e. The lowest BCUT2D eigenvalue weighted by Crippen LogP contribution is -2.48. The summed E-state index contributed by atoms with van der Waals surface area (Å²) in [7, 11) is 0. The van der Waals surface area contributed by atoms with Crippen molar-refractivity contribution in [2.24, 2.45) is 0 Å². The van der Waals surface area contributed by atoms with Gasteiger partial charge in [0.2, 0.25) is 5.91 Å². The van der Waals surface area contributed by atoms with Gasteiger partial charge in [0.25, 0.3) is 0 Å². The third-order valence-corrected chi connectivity index (χ3v) is 4.84. The molecule has 1 aliphatic heterocycles. The van der Waals surface area contributed by atoms with Crippen molar-refractivity contribution >= 4 is 12.0 Å². The van der Waals surface area contributed by atoms with E-state index in [4.69, 9.17) is 0 Å². The second-order valence-corrected chi connectivity index (χ2v) is 6.89. The van der Waals surface area contributed by atoms with E-state index in [1.807, 2.05) is 35.6 Å². The molecule has 2 aromatic rings. The molecule has 1 saturated heterocycles. The van der Waals surface area contributed by atoms with Gasteiger partial charge in [-0.2, -0.15) is 5.10 Å². The highest BCUT2D eigenvalue weighted by molar-refractivity contribution is 5.76. The van der Waals surface area contributed by atoms with Crippen molar-refractivity contribution in [3.8, 4) is 0 Å². The summed E-state index contributed by atoms with van der Waals surface area (Å²) >= 11 is 0. The number of rotatable bonds is 6. The topological polar surface area (TPSA) is 41.4 Å². The highest BCUT2D eigenvalue weighted by Gasteiger charge is 2.20. The number of carbonyl (C=O) groups excluding carboxylic acids is 1. The van der Waals surface area contributed by atoms with Crippen LogP contribution in [0, 0.1) is 13.8 Å². The monoisotopic (exact) mass is 352 g/mol. The van der Waals surface area contributed by atoms with Gasteiger partial charge in [-0.3, -0.25) is 14.4 Å². The Kier molecular flexibility index (Phi) is 6.23. The van der Waals surface area contributed by atoms with E-state index in [1.165, 1.54) is 5.56 Å². The molecule has 1 aliphatic rings. The van der Waals surface area contributed by atoms with Gasteiger partial charge in [0.1, 0.15) is 0 Å². The molecule has 0 N–H and O–H groups in total. The summed E-state index contributed by atoms with van der Waals surface area (Å²) < 4.78 is 1.93. The fourth-order valence-electron chi connectivity index (χ4n) is 3.34. The van der Waals surface area contributed by atoms with Crippen LogP contribution >= 0.6 is 0 Å². The number of benzene rings is 1. The van der Waals surface area contributed by atoms with Crippen molar-refractivity contribution in [3.63, 3.8) is 0 Å². The molecule has 1 aromatic carbocycles. The Hall–Kier alpha value is -2.40. The Labute approximate surface area is 155 Å². The second kappa shape index (κ2) is 8.81. The van der Waals surface area contributed by atoms with Gasteiger partial charge in [0.15, 0.2) is 0 Å². The van der Waals surface area contributed by atoms with Gasteiger partial charge < -0.3 is 4.90 Å². The molecule has 5 heteroatoms. The molecule has 0 atom stereocenters. The third kappa shape index (κ3) is 5.05. The zero-order chi connectivity index (χ0) is 18.4. The normalized spacial score (nSPS) is 15.7. The molecule has 0 saturated carbocycles. The molecule has 26 heavy (non-hydrogen) atoms. The van der Waals surface area contributed by atoms with Crippen molar-refractivity contribution in [1.82, 2.24) is 19.6 Å². The standard InChI is InChI=1S/C21H28N4O/c1-18-17-19(2)25(22-18)12-10-21(26)24-15-13-23(14-16-24)11-6-9-20-7-4-3-5-8-20/h3-9,17H,10-16H2,1-2H3/b9-6+. The molecule has 3 rings (SSSR count). The second-order valence-electron chi connectivity index (χ2n) is 6.89. The molecular formula is C21H28N4O. The molecule has 0 spiro atoms. The van der Waals surface area contributed by atoms with E-state index in [0.29, 0.717) is 13.0 Å². The maximum atomic E-state index is 12.4. The maximum Gasteiger partial charge on any atom is 0.224 e. The SMILES string of the molecule is Cc1cc(C)n(CCC(=O)N2CCN(C/C=C/c3ccccc3)CC2)n1. The van der Waals surface area contributed by atoms with E-state index < -0.39 is 0 Å².